The van der Waals surface area contributed by atoms with E-state index in [9.17, 15) is 0 Å². The normalized spacial score (nSPS) is 14.3. The largest absolute Gasteiger partial charge is 0.489 e. The summed E-state index contributed by atoms with van der Waals surface area (Å²) < 4.78 is 13.3. The Morgan fingerprint density at radius 2 is 2.05 bits per heavy atom. The highest BCUT2D eigenvalue weighted by atomic mass is 35.5. The Hall–Kier alpha value is -1.88. The van der Waals surface area contributed by atoms with Gasteiger partial charge < -0.3 is 19.8 Å². The molecule has 0 radical (unpaired) electrons. The van der Waals surface area contributed by atoms with Gasteiger partial charge in [-0.25, -0.2) is 4.98 Å². The summed E-state index contributed by atoms with van der Waals surface area (Å²) in [6, 6.07) is 3.95. The van der Waals surface area contributed by atoms with E-state index in [-0.39, 0.29) is 6.04 Å². The summed E-state index contributed by atoms with van der Waals surface area (Å²) in [7, 11) is 0. The number of benzene rings is 1. The molecule has 0 aliphatic carbocycles. The molecule has 2 heterocycles. The highest BCUT2D eigenvalue weighted by Gasteiger charge is 2.19. The van der Waals surface area contributed by atoms with Crippen molar-refractivity contribution in [2.45, 2.75) is 26.3 Å². The lowest BCUT2D eigenvalue weighted by Crippen LogP contribution is -2.04. The van der Waals surface area contributed by atoms with Crippen LogP contribution in [0, 0.1) is 0 Å². The first-order valence-corrected chi connectivity index (χ1v) is 7.37. The van der Waals surface area contributed by atoms with Crippen molar-refractivity contribution in [2.24, 2.45) is 0 Å². The van der Waals surface area contributed by atoms with Gasteiger partial charge in [0.1, 0.15) is 11.5 Å². The first-order chi connectivity index (χ1) is 10.1. The zero-order valence-electron chi connectivity index (χ0n) is 12.1. The Morgan fingerprint density at radius 3 is 2.76 bits per heavy atom. The minimum atomic E-state index is 0.252. The molecule has 21 heavy (non-hydrogen) atoms. The van der Waals surface area contributed by atoms with E-state index in [1.165, 1.54) is 0 Å². The van der Waals surface area contributed by atoms with Gasteiger partial charge in [0, 0.05) is 18.0 Å². The molecule has 112 valence electrons. The van der Waals surface area contributed by atoms with Crippen LogP contribution in [0.5, 0.6) is 11.5 Å². The van der Waals surface area contributed by atoms with Crippen molar-refractivity contribution in [2.75, 3.05) is 18.9 Å². The van der Waals surface area contributed by atoms with Gasteiger partial charge in [0.05, 0.1) is 24.6 Å². The van der Waals surface area contributed by atoms with E-state index < -0.39 is 0 Å². The first kappa shape index (κ1) is 14.1. The van der Waals surface area contributed by atoms with Crippen LogP contribution in [0.2, 0.25) is 5.02 Å². The van der Waals surface area contributed by atoms with E-state index in [2.05, 4.69) is 18.8 Å². The predicted molar refractivity (Wildman–Crippen MR) is 83.1 cm³/mol. The maximum Gasteiger partial charge on any atom is 0.179 e. The number of imidazole rings is 1. The number of hydrogen-bond donors (Lipinski definition) is 1. The van der Waals surface area contributed by atoms with E-state index in [4.69, 9.17) is 26.8 Å². The number of halogens is 1. The molecule has 5 nitrogen and oxygen atoms in total. The topological polar surface area (TPSA) is 62.3 Å². The fourth-order valence-corrected chi connectivity index (χ4v) is 2.64. The smallest absolute Gasteiger partial charge is 0.179 e. The molecular formula is C15H18ClN3O2. The van der Waals surface area contributed by atoms with Gasteiger partial charge >= 0.3 is 0 Å². The van der Waals surface area contributed by atoms with Crippen molar-refractivity contribution in [1.82, 2.24) is 9.55 Å². The maximum absolute atomic E-state index is 6.31. The molecule has 0 fully saturated rings. The van der Waals surface area contributed by atoms with Gasteiger partial charge in [-0.3, -0.25) is 0 Å². The van der Waals surface area contributed by atoms with Crippen LogP contribution in [0.4, 0.5) is 5.82 Å². The van der Waals surface area contributed by atoms with Crippen LogP contribution in [0.25, 0.3) is 11.3 Å². The molecule has 0 unspecified atom stereocenters. The number of nitrogens with zero attached hydrogens (tertiary/aromatic N) is 2. The third kappa shape index (κ3) is 2.53. The Kier molecular flexibility index (Phi) is 3.68. The van der Waals surface area contributed by atoms with Crippen LogP contribution >= 0.6 is 11.6 Å². The van der Waals surface area contributed by atoms with Crippen molar-refractivity contribution in [3.63, 3.8) is 0 Å². The third-order valence-corrected chi connectivity index (χ3v) is 3.74. The molecule has 2 aromatic rings. The number of aromatic nitrogens is 2. The molecule has 2 N–H and O–H groups in total. The van der Waals surface area contributed by atoms with Crippen molar-refractivity contribution in [3.8, 4) is 22.8 Å². The second-order valence-electron chi connectivity index (χ2n) is 5.32. The molecular weight excluding hydrogens is 290 g/mol. The molecule has 1 aromatic carbocycles. The van der Waals surface area contributed by atoms with Crippen LogP contribution in [0.1, 0.15) is 26.3 Å². The Balaban J connectivity index is 2.07. The van der Waals surface area contributed by atoms with E-state index in [1.54, 1.807) is 6.33 Å². The van der Waals surface area contributed by atoms with E-state index >= 15 is 0 Å². The summed E-state index contributed by atoms with van der Waals surface area (Å²) in [5, 5.41) is 0.517. The molecule has 0 amide bonds. The first-order valence-electron chi connectivity index (χ1n) is 6.99. The molecule has 1 aliphatic heterocycles. The number of anilines is 1. The average molecular weight is 308 g/mol. The van der Waals surface area contributed by atoms with Gasteiger partial charge in [0.25, 0.3) is 0 Å². The van der Waals surface area contributed by atoms with Crippen LogP contribution in [-0.4, -0.2) is 22.8 Å². The lowest BCUT2D eigenvalue weighted by molar-refractivity contribution is 0.297. The van der Waals surface area contributed by atoms with E-state index in [0.717, 1.165) is 12.0 Å². The predicted octanol–water partition coefficient (Wildman–Crippen LogP) is 3.53. The number of nitrogen functional groups attached to an aromatic ring is 1. The highest BCUT2D eigenvalue weighted by Crippen LogP contribution is 2.41. The molecule has 0 atom stereocenters. The van der Waals surface area contributed by atoms with Gasteiger partial charge in [-0.15, -0.1) is 0 Å². The van der Waals surface area contributed by atoms with Crippen molar-refractivity contribution < 1.29 is 9.47 Å². The van der Waals surface area contributed by atoms with Crippen molar-refractivity contribution in [1.29, 1.82) is 0 Å². The summed E-state index contributed by atoms with van der Waals surface area (Å²) in [4.78, 5) is 4.40. The fourth-order valence-electron chi connectivity index (χ4n) is 2.37. The number of hydrogen-bond acceptors (Lipinski definition) is 4. The van der Waals surface area contributed by atoms with Gasteiger partial charge in [-0.1, -0.05) is 11.6 Å². The highest BCUT2D eigenvalue weighted by molar-refractivity contribution is 6.32. The lowest BCUT2D eigenvalue weighted by atomic mass is 10.1. The number of ether oxygens (including phenoxy) is 2. The number of rotatable bonds is 2. The monoisotopic (exact) mass is 307 g/mol. The quantitative estimate of drug-likeness (QED) is 0.922. The van der Waals surface area contributed by atoms with Crippen LogP contribution in [0.15, 0.2) is 18.5 Å². The van der Waals surface area contributed by atoms with Crippen LogP contribution in [0.3, 0.4) is 0 Å². The average Bonchev–Trinajstić information content (AvgIpc) is 2.67. The maximum atomic E-state index is 6.31. The van der Waals surface area contributed by atoms with Gasteiger partial charge in [0.2, 0.25) is 0 Å². The molecule has 3 rings (SSSR count). The fraction of sp³-hybridized carbons (Fsp3) is 0.400. The van der Waals surface area contributed by atoms with Gasteiger partial charge in [-0.05, 0) is 26.0 Å². The second kappa shape index (κ2) is 5.48. The molecule has 0 saturated heterocycles. The minimum Gasteiger partial charge on any atom is -0.489 e. The summed E-state index contributed by atoms with van der Waals surface area (Å²) in [6.07, 6.45) is 2.58. The van der Waals surface area contributed by atoms with Gasteiger partial charge in [-0.2, -0.15) is 0 Å². The SMILES string of the molecule is CC(C)n1cnc(-c2cc(Cl)c3c(c2)OCCCO3)c1N. The Morgan fingerprint density at radius 1 is 1.29 bits per heavy atom. The zero-order valence-corrected chi connectivity index (χ0v) is 12.9. The zero-order chi connectivity index (χ0) is 15.0. The minimum absolute atomic E-state index is 0.252. The summed E-state index contributed by atoms with van der Waals surface area (Å²) in [5.41, 5.74) is 7.72. The Bertz CT molecular complexity index is 667. The molecule has 0 spiro atoms. The van der Waals surface area contributed by atoms with Crippen molar-refractivity contribution in [3.05, 3.63) is 23.5 Å². The molecule has 0 saturated carbocycles. The van der Waals surface area contributed by atoms with E-state index in [1.807, 2.05) is 16.7 Å². The molecule has 0 bridgehead atoms. The summed E-state index contributed by atoms with van der Waals surface area (Å²) in [6.45, 7) is 5.34. The van der Waals surface area contributed by atoms with Crippen LogP contribution < -0.4 is 15.2 Å². The lowest BCUT2D eigenvalue weighted by Gasteiger charge is -2.12. The van der Waals surface area contributed by atoms with Crippen molar-refractivity contribution >= 4 is 17.4 Å². The Labute approximate surface area is 128 Å². The molecule has 6 heteroatoms. The molecule has 1 aliphatic rings. The van der Waals surface area contributed by atoms with E-state index in [0.29, 0.717) is 41.2 Å². The summed E-state index contributed by atoms with van der Waals surface area (Å²) >= 11 is 6.31. The number of fused-ring (bicyclic) bond motifs is 1. The molecule has 1 aromatic heterocycles. The summed E-state index contributed by atoms with van der Waals surface area (Å²) in [5.74, 6) is 1.86. The standard InChI is InChI=1S/C15H18ClN3O2/c1-9(2)19-8-18-13(15(19)17)10-6-11(16)14-12(7-10)20-4-3-5-21-14/h6-9H,3-5,17H2,1-2H3. The third-order valence-electron chi connectivity index (χ3n) is 3.46. The van der Waals surface area contributed by atoms with Gasteiger partial charge in [0.15, 0.2) is 11.5 Å². The number of nitrogens with two attached hydrogens (primary N) is 1. The van der Waals surface area contributed by atoms with Crippen LogP contribution in [-0.2, 0) is 0 Å². The second-order valence-corrected chi connectivity index (χ2v) is 5.72.